The average Bonchev–Trinajstić information content (AvgIpc) is 2.65. The standard InChI is InChI=1S/C24H34NO/c1-6-19(3)13-15-25(5)24(4)18-22(14-16-26)23(24)21(7-2)17-20-11-9-8-10-12-20/h6,8-13,15,17,22-23,26H,1,7,14,16,18H2,2-5H3/q+1/b19-13+,21-17+,25-15+. The third-order valence-corrected chi connectivity index (χ3v) is 5.96. The second-order valence-electron chi connectivity index (χ2n) is 7.67. The van der Waals surface area contributed by atoms with Crippen LogP contribution in [0.3, 0.4) is 0 Å². The fourth-order valence-electron chi connectivity index (χ4n) is 4.27. The molecule has 1 fully saturated rings. The van der Waals surface area contributed by atoms with E-state index < -0.39 is 0 Å². The number of rotatable bonds is 8. The Balaban J connectivity index is 2.38. The van der Waals surface area contributed by atoms with Crippen molar-refractivity contribution in [3.8, 4) is 0 Å². The summed E-state index contributed by atoms with van der Waals surface area (Å²) in [6, 6.07) is 10.6. The van der Waals surface area contributed by atoms with Gasteiger partial charge in [0.05, 0.1) is 0 Å². The molecule has 1 aliphatic carbocycles. The SMILES string of the molecule is C=C/C(C)=C/C=[N+](\C)C1(C)CC(CCO)C1/C(=C/c1ccccc1)CC. The van der Waals surface area contributed by atoms with E-state index in [1.54, 1.807) is 0 Å². The number of hydrogen-bond donors (Lipinski definition) is 1. The van der Waals surface area contributed by atoms with Crippen molar-refractivity contribution >= 4 is 12.3 Å². The summed E-state index contributed by atoms with van der Waals surface area (Å²) in [5, 5.41) is 9.52. The van der Waals surface area contributed by atoms with Crippen molar-refractivity contribution in [1.82, 2.24) is 0 Å². The fourth-order valence-corrected chi connectivity index (χ4v) is 4.27. The van der Waals surface area contributed by atoms with Crippen LogP contribution in [0.4, 0.5) is 0 Å². The Labute approximate surface area is 159 Å². The molecule has 0 aliphatic heterocycles. The quantitative estimate of drug-likeness (QED) is 0.392. The van der Waals surface area contributed by atoms with Gasteiger partial charge in [0, 0.05) is 31.9 Å². The van der Waals surface area contributed by atoms with Gasteiger partial charge in [0.2, 0.25) is 0 Å². The molecule has 1 N–H and O–H groups in total. The molecule has 1 aromatic rings. The van der Waals surface area contributed by atoms with Gasteiger partial charge in [-0.1, -0.05) is 61.6 Å². The summed E-state index contributed by atoms with van der Waals surface area (Å²) in [5.74, 6) is 0.999. The third kappa shape index (κ3) is 4.42. The molecule has 1 saturated carbocycles. The maximum atomic E-state index is 9.52. The highest BCUT2D eigenvalue weighted by Crippen LogP contribution is 2.52. The molecule has 0 heterocycles. The molecule has 0 spiro atoms. The lowest BCUT2D eigenvalue weighted by Crippen LogP contribution is -2.59. The van der Waals surface area contributed by atoms with Gasteiger partial charge in [-0.2, -0.15) is 0 Å². The lowest BCUT2D eigenvalue weighted by atomic mass is 9.55. The van der Waals surface area contributed by atoms with Gasteiger partial charge in [-0.3, -0.25) is 0 Å². The van der Waals surface area contributed by atoms with Gasteiger partial charge in [0.25, 0.3) is 0 Å². The first kappa shape index (κ1) is 20.4. The van der Waals surface area contributed by atoms with Crippen LogP contribution in [0.5, 0.6) is 0 Å². The highest BCUT2D eigenvalue weighted by atomic mass is 16.3. The first-order chi connectivity index (χ1) is 12.5. The van der Waals surface area contributed by atoms with E-state index in [1.807, 2.05) is 6.08 Å². The summed E-state index contributed by atoms with van der Waals surface area (Å²) >= 11 is 0. The van der Waals surface area contributed by atoms with Gasteiger partial charge >= 0.3 is 0 Å². The van der Waals surface area contributed by atoms with E-state index in [1.165, 1.54) is 16.7 Å². The molecule has 0 saturated heterocycles. The number of allylic oxidation sites excluding steroid dienone is 3. The minimum atomic E-state index is 0.0778. The van der Waals surface area contributed by atoms with Crippen molar-refractivity contribution in [3.63, 3.8) is 0 Å². The van der Waals surface area contributed by atoms with Gasteiger partial charge in [-0.15, -0.1) is 0 Å². The Hall–Kier alpha value is -1.93. The lowest BCUT2D eigenvalue weighted by Gasteiger charge is -2.50. The largest absolute Gasteiger partial charge is 0.396 e. The maximum absolute atomic E-state index is 9.52. The van der Waals surface area contributed by atoms with Crippen LogP contribution in [0.25, 0.3) is 6.08 Å². The minimum absolute atomic E-state index is 0.0778. The van der Waals surface area contributed by atoms with Crippen LogP contribution in [-0.2, 0) is 0 Å². The van der Waals surface area contributed by atoms with Gasteiger partial charge in [-0.05, 0) is 36.8 Å². The summed E-state index contributed by atoms with van der Waals surface area (Å²) < 4.78 is 2.35. The van der Waals surface area contributed by atoms with Crippen molar-refractivity contribution in [2.24, 2.45) is 11.8 Å². The van der Waals surface area contributed by atoms with Gasteiger partial charge < -0.3 is 5.11 Å². The average molecular weight is 353 g/mol. The highest BCUT2D eigenvalue weighted by Gasteiger charge is 2.57. The summed E-state index contributed by atoms with van der Waals surface area (Å²) in [7, 11) is 2.17. The summed E-state index contributed by atoms with van der Waals surface area (Å²) in [6.45, 7) is 10.8. The molecule has 140 valence electrons. The Kier molecular flexibility index (Phi) is 7.16. The molecular formula is C24H34NO+. The lowest BCUT2D eigenvalue weighted by molar-refractivity contribution is -0.606. The number of benzene rings is 1. The fraction of sp³-hybridized carbons (Fsp3) is 0.458. The van der Waals surface area contributed by atoms with E-state index in [-0.39, 0.29) is 12.1 Å². The van der Waals surface area contributed by atoms with Crippen LogP contribution < -0.4 is 0 Å². The minimum Gasteiger partial charge on any atom is -0.396 e. The molecule has 3 unspecified atom stereocenters. The van der Waals surface area contributed by atoms with Crippen LogP contribution in [0.2, 0.25) is 0 Å². The smallest absolute Gasteiger partial charge is 0.166 e. The molecular weight excluding hydrogens is 318 g/mol. The summed E-state index contributed by atoms with van der Waals surface area (Å²) in [4.78, 5) is 0. The molecule has 2 heteroatoms. The second-order valence-corrected chi connectivity index (χ2v) is 7.67. The van der Waals surface area contributed by atoms with E-state index in [0.717, 1.165) is 19.3 Å². The van der Waals surface area contributed by atoms with Crippen molar-refractivity contribution in [3.05, 3.63) is 65.8 Å². The van der Waals surface area contributed by atoms with Crippen molar-refractivity contribution in [2.45, 2.75) is 45.6 Å². The van der Waals surface area contributed by atoms with Crippen molar-refractivity contribution in [2.75, 3.05) is 13.7 Å². The second kappa shape index (κ2) is 9.14. The number of nitrogens with zero attached hydrogens (tertiary/aromatic N) is 1. The Bertz CT molecular complexity index is 698. The molecule has 0 radical (unpaired) electrons. The number of hydrogen-bond acceptors (Lipinski definition) is 1. The van der Waals surface area contributed by atoms with Crippen LogP contribution in [0.15, 0.2) is 60.2 Å². The van der Waals surface area contributed by atoms with Gasteiger partial charge in [0.1, 0.15) is 7.05 Å². The maximum Gasteiger partial charge on any atom is 0.166 e. The predicted molar refractivity (Wildman–Crippen MR) is 113 cm³/mol. The molecule has 1 aromatic carbocycles. The first-order valence-electron chi connectivity index (χ1n) is 9.69. The zero-order chi connectivity index (χ0) is 19.2. The molecule has 0 bridgehead atoms. The Morgan fingerprint density at radius 2 is 2.04 bits per heavy atom. The molecule has 0 amide bonds. The van der Waals surface area contributed by atoms with Crippen LogP contribution >= 0.6 is 0 Å². The van der Waals surface area contributed by atoms with E-state index in [9.17, 15) is 5.11 Å². The zero-order valence-electron chi connectivity index (χ0n) is 16.8. The number of aliphatic hydroxyl groups excluding tert-OH is 1. The van der Waals surface area contributed by atoms with Crippen molar-refractivity contribution in [1.29, 1.82) is 0 Å². The van der Waals surface area contributed by atoms with E-state index >= 15 is 0 Å². The van der Waals surface area contributed by atoms with Crippen LogP contribution in [0.1, 0.15) is 45.6 Å². The predicted octanol–water partition coefficient (Wildman–Crippen LogP) is 5.10. The van der Waals surface area contributed by atoms with Crippen LogP contribution in [0, 0.1) is 11.8 Å². The van der Waals surface area contributed by atoms with Crippen molar-refractivity contribution < 1.29 is 9.68 Å². The molecule has 1 aliphatic rings. The Morgan fingerprint density at radius 1 is 1.35 bits per heavy atom. The number of aliphatic hydroxyl groups is 1. The summed E-state index contributed by atoms with van der Waals surface area (Å²) in [5.41, 5.74) is 3.98. The topological polar surface area (TPSA) is 23.2 Å². The van der Waals surface area contributed by atoms with Crippen LogP contribution in [-0.4, -0.2) is 35.1 Å². The molecule has 0 aromatic heterocycles. The Morgan fingerprint density at radius 3 is 2.62 bits per heavy atom. The van der Waals surface area contributed by atoms with Gasteiger partial charge in [-0.25, -0.2) is 4.58 Å². The summed E-state index contributed by atoms with van der Waals surface area (Å²) in [6.07, 6.45) is 11.6. The molecule has 26 heavy (non-hydrogen) atoms. The van der Waals surface area contributed by atoms with Gasteiger partial charge in [0.15, 0.2) is 11.8 Å². The molecule has 3 atom stereocenters. The zero-order valence-corrected chi connectivity index (χ0v) is 16.8. The monoisotopic (exact) mass is 352 g/mol. The van der Waals surface area contributed by atoms with E-state index in [2.05, 4.69) is 87.7 Å². The molecule has 2 rings (SSSR count). The van der Waals surface area contributed by atoms with E-state index in [4.69, 9.17) is 0 Å². The normalized spacial score (nSPS) is 27.2. The highest BCUT2D eigenvalue weighted by molar-refractivity contribution is 5.68. The molecule has 2 nitrogen and oxygen atoms in total. The first-order valence-corrected chi connectivity index (χ1v) is 9.69. The third-order valence-electron chi connectivity index (χ3n) is 5.96. The van der Waals surface area contributed by atoms with E-state index in [0.29, 0.717) is 11.8 Å².